The van der Waals surface area contributed by atoms with Crippen LogP contribution in [0.25, 0.3) is 0 Å². The molecule has 6 aliphatic rings. The van der Waals surface area contributed by atoms with Crippen molar-refractivity contribution in [2.24, 2.45) is 47.3 Å². The molecule has 0 saturated heterocycles. The van der Waals surface area contributed by atoms with Gasteiger partial charge in [-0.05, 0) is 110 Å². The van der Waals surface area contributed by atoms with Gasteiger partial charge in [-0.15, -0.1) is 0 Å². The highest BCUT2D eigenvalue weighted by molar-refractivity contribution is 5.45. The first-order valence-electron chi connectivity index (χ1n) is 9.34. The summed E-state index contributed by atoms with van der Waals surface area (Å²) in [5.74, 6) is 8.36. The van der Waals surface area contributed by atoms with Crippen molar-refractivity contribution in [1.29, 1.82) is 0 Å². The van der Waals surface area contributed by atoms with E-state index in [1.165, 1.54) is 25.7 Å². The van der Waals surface area contributed by atoms with Gasteiger partial charge in [-0.3, -0.25) is 0 Å². The van der Waals surface area contributed by atoms with E-state index >= 15 is 0 Å². The molecule has 0 aromatic carbocycles. The average Bonchev–Trinajstić information content (AvgIpc) is 3.18. The van der Waals surface area contributed by atoms with E-state index in [-0.39, 0.29) is 0 Å². The maximum absolute atomic E-state index is 2.79. The SMILES string of the molecule is C1=C(C2=C[C@H]3CC[C@H]4CC[C@H]2[C@H]43)[C@H]2CC[C@@H]3CC[C@@H]1[C@@H]32. The van der Waals surface area contributed by atoms with Gasteiger partial charge in [-0.2, -0.15) is 0 Å². The van der Waals surface area contributed by atoms with Gasteiger partial charge in [0.15, 0.2) is 0 Å². The molecule has 0 bridgehead atoms. The van der Waals surface area contributed by atoms with Gasteiger partial charge in [0.25, 0.3) is 0 Å². The Morgan fingerprint density at radius 3 is 1.50 bits per heavy atom. The summed E-state index contributed by atoms with van der Waals surface area (Å²) in [6.07, 6.45) is 17.9. The van der Waals surface area contributed by atoms with Crippen LogP contribution < -0.4 is 0 Å². The Hall–Kier alpha value is -0.520. The Morgan fingerprint density at radius 2 is 1.00 bits per heavy atom. The zero-order valence-corrected chi connectivity index (χ0v) is 12.4. The summed E-state index contributed by atoms with van der Waals surface area (Å²) in [7, 11) is 0. The van der Waals surface area contributed by atoms with E-state index in [4.69, 9.17) is 0 Å². The fourth-order valence-corrected chi connectivity index (χ4v) is 7.83. The number of allylic oxidation sites excluding steroid dienone is 4. The quantitative estimate of drug-likeness (QED) is 0.628. The first-order valence-corrected chi connectivity index (χ1v) is 9.34. The summed E-state index contributed by atoms with van der Waals surface area (Å²) in [5.41, 5.74) is 3.78. The standard InChI is InChI=1S/C20H26/c1-3-13-9-17(15-7-5-11(1)19(13)15)18-10-14-4-2-12-6-8-16(18)20(12)14/h9-16,19-20H,1-8H2/t11-,12-,13-,14+,15+,16+,19+,20+/m0/s1. The summed E-state index contributed by atoms with van der Waals surface area (Å²) in [4.78, 5) is 0. The highest BCUT2D eigenvalue weighted by Gasteiger charge is 2.54. The molecule has 0 aromatic rings. The van der Waals surface area contributed by atoms with Crippen LogP contribution in [0.4, 0.5) is 0 Å². The van der Waals surface area contributed by atoms with E-state index in [1.54, 1.807) is 25.7 Å². The van der Waals surface area contributed by atoms with Crippen molar-refractivity contribution < 1.29 is 0 Å². The lowest BCUT2D eigenvalue weighted by Crippen LogP contribution is -2.15. The van der Waals surface area contributed by atoms with Crippen LogP contribution >= 0.6 is 0 Å². The third-order valence-electron chi connectivity index (χ3n) is 8.36. The van der Waals surface area contributed by atoms with Crippen LogP contribution in [0.2, 0.25) is 0 Å². The summed E-state index contributed by atoms with van der Waals surface area (Å²) < 4.78 is 0. The van der Waals surface area contributed by atoms with Gasteiger partial charge in [-0.1, -0.05) is 12.2 Å². The monoisotopic (exact) mass is 266 g/mol. The minimum absolute atomic E-state index is 0.987. The second-order valence-corrected chi connectivity index (χ2v) is 8.77. The minimum atomic E-state index is 0.987. The molecular weight excluding hydrogens is 240 g/mol. The molecule has 0 spiro atoms. The third kappa shape index (κ3) is 1.18. The summed E-state index contributed by atoms with van der Waals surface area (Å²) in [6.45, 7) is 0. The molecule has 0 aromatic heterocycles. The highest BCUT2D eigenvalue weighted by atomic mass is 14.6. The molecule has 0 heterocycles. The van der Waals surface area contributed by atoms with E-state index < -0.39 is 0 Å². The Bertz CT molecular complexity index is 476. The molecule has 0 unspecified atom stereocenters. The van der Waals surface area contributed by atoms with Crippen LogP contribution in [0.1, 0.15) is 51.4 Å². The largest absolute Gasteiger partial charge is 0.0773 e. The van der Waals surface area contributed by atoms with Gasteiger partial charge in [0, 0.05) is 0 Å². The molecule has 6 aliphatic carbocycles. The van der Waals surface area contributed by atoms with Crippen molar-refractivity contribution in [2.75, 3.05) is 0 Å². The van der Waals surface area contributed by atoms with Gasteiger partial charge in [0.1, 0.15) is 0 Å². The van der Waals surface area contributed by atoms with Crippen molar-refractivity contribution in [1.82, 2.24) is 0 Å². The van der Waals surface area contributed by atoms with Crippen LogP contribution in [0.3, 0.4) is 0 Å². The molecule has 0 radical (unpaired) electrons. The van der Waals surface area contributed by atoms with Gasteiger partial charge in [-0.25, -0.2) is 0 Å². The molecule has 0 amide bonds. The van der Waals surface area contributed by atoms with Crippen LogP contribution in [0.15, 0.2) is 23.3 Å². The highest BCUT2D eigenvalue weighted by Crippen LogP contribution is 2.64. The van der Waals surface area contributed by atoms with Crippen LogP contribution in [0.5, 0.6) is 0 Å². The Labute approximate surface area is 122 Å². The van der Waals surface area contributed by atoms with Gasteiger partial charge in [0.2, 0.25) is 0 Å². The Balaban J connectivity index is 1.41. The Kier molecular flexibility index (Phi) is 2.01. The molecule has 106 valence electrons. The lowest BCUT2D eigenvalue weighted by atomic mass is 9.82. The maximum Gasteiger partial charge on any atom is -0.0126 e. The van der Waals surface area contributed by atoms with E-state index in [0.717, 1.165) is 47.3 Å². The Morgan fingerprint density at radius 1 is 0.550 bits per heavy atom. The van der Waals surface area contributed by atoms with Crippen molar-refractivity contribution in [3.05, 3.63) is 23.3 Å². The van der Waals surface area contributed by atoms with Crippen LogP contribution in [0, 0.1) is 47.3 Å². The first-order chi connectivity index (χ1) is 9.90. The van der Waals surface area contributed by atoms with Crippen molar-refractivity contribution in [3.8, 4) is 0 Å². The lowest BCUT2D eigenvalue weighted by molar-refractivity contribution is 0.356. The molecule has 4 saturated carbocycles. The molecule has 0 N–H and O–H groups in total. The molecule has 0 aliphatic heterocycles. The average molecular weight is 266 g/mol. The first kappa shape index (κ1) is 11.1. The summed E-state index contributed by atoms with van der Waals surface area (Å²) >= 11 is 0. The smallest absolute Gasteiger partial charge is 0.0126 e. The van der Waals surface area contributed by atoms with Gasteiger partial charge >= 0.3 is 0 Å². The topological polar surface area (TPSA) is 0 Å². The van der Waals surface area contributed by atoms with Gasteiger partial charge < -0.3 is 0 Å². The fourth-order valence-electron chi connectivity index (χ4n) is 7.83. The van der Waals surface area contributed by atoms with Crippen LogP contribution in [-0.4, -0.2) is 0 Å². The third-order valence-corrected chi connectivity index (χ3v) is 8.36. The zero-order valence-electron chi connectivity index (χ0n) is 12.4. The van der Waals surface area contributed by atoms with E-state index in [9.17, 15) is 0 Å². The fraction of sp³-hybridized carbons (Fsp3) is 0.800. The molecule has 6 rings (SSSR count). The molecular formula is C20H26. The van der Waals surface area contributed by atoms with E-state index in [0.29, 0.717) is 0 Å². The molecule has 20 heavy (non-hydrogen) atoms. The number of hydrogen-bond donors (Lipinski definition) is 0. The maximum atomic E-state index is 2.79. The summed E-state index contributed by atoms with van der Waals surface area (Å²) in [6, 6.07) is 0. The van der Waals surface area contributed by atoms with Crippen molar-refractivity contribution in [3.63, 3.8) is 0 Å². The second kappa shape index (κ2) is 3.62. The predicted octanol–water partition coefficient (Wildman–Crippen LogP) is 4.97. The summed E-state index contributed by atoms with van der Waals surface area (Å²) in [5, 5.41) is 0. The lowest BCUT2D eigenvalue weighted by Gasteiger charge is -2.22. The normalized spacial score (nSPS) is 58.0. The van der Waals surface area contributed by atoms with Crippen molar-refractivity contribution >= 4 is 0 Å². The van der Waals surface area contributed by atoms with Crippen molar-refractivity contribution in [2.45, 2.75) is 51.4 Å². The number of rotatable bonds is 1. The van der Waals surface area contributed by atoms with Crippen LogP contribution in [-0.2, 0) is 0 Å². The zero-order chi connectivity index (χ0) is 12.8. The molecule has 4 fully saturated rings. The molecule has 8 atom stereocenters. The minimum Gasteiger partial charge on any atom is -0.0773 e. The second-order valence-electron chi connectivity index (χ2n) is 8.77. The molecule has 0 nitrogen and oxygen atoms in total. The predicted molar refractivity (Wildman–Crippen MR) is 81.0 cm³/mol. The number of hydrogen-bond acceptors (Lipinski definition) is 0. The van der Waals surface area contributed by atoms with Gasteiger partial charge in [0.05, 0.1) is 0 Å². The molecule has 0 heteroatoms. The van der Waals surface area contributed by atoms with E-state index in [1.807, 2.05) is 11.1 Å². The van der Waals surface area contributed by atoms with E-state index in [2.05, 4.69) is 12.2 Å².